The van der Waals surface area contributed by atoms with E-state index in [0.29, 0.717) is 33.4 Å². The van der Waals surface area contributed by atoms with Crippen molar-refractivity contribution in [2.75, 3.05) is 0 Å². The molecule has 4 aliphatic carbocycles. The smallest absolute Gasteiger partial charge is 0.254 e. The summed E-state index contributed by atoms with van der Waals surface area (Å²) in [6, 6.07) is 8.74. The summed E-state index contributed by atoms with van der Waals surface area (Å²) in [4.78, 5) is 25.8. The Bertz CT molecular complexity index is 1090. The number of rotatable bonds is 3. The number of hydrogen-bond acceptors (Lipinski definition) is 4. The summed E-state index contributed by atoms with van der Waals surface area (Å²) in [6.45, 7) is 0. The van der Waals surface area contributed by atoms with Crippen LogP contribution < -0.4 is 0 Å². The number of nitrogens with zero attached hydrogens (tertiary/aromatic N) is 2. The van der Waals surface area contributed by atoms with Gasteiger partial charge in [0.05, 0.1) is 28.1 Å². The Morgan fingerprint density at radius 2 is 1.66 bits per heavy atom. The standard InChI is InChI=1S/C22H16Cl2N2O3/c23-16-5-1-10(7-17(16)24)18-6-2-11(29-18)9-25-26-21(27)19-12-3-4-13(15-8-14(12)15)20(19)22(26)28/h1-7,9,12-15,19-20H,8H2/b25-9+/t12-,13-,14-,15-,19-,20+/m1/s1. The van der Waals surface area contributed by atoms with Crippen LogP contribution in [-0.4, -0.2) is 23.0 Å². The van der Waals surface area contributed by atoms with Gasteiger partial charge in [0.1, 0.15) is 11.5 Å². The predicted molar refractivity (Wildman–Crippen MR) is 108 cm³/mol. The van der Waals surface area contributed by atoms with Crippen LogP contribution in [0, 0.1) is 35.5 Å². The Hall–Kier alpha value is -2.37. The highest BCUT2D eigenvalue weighted by Crippen LogP contribution is 2.65. The van der Waals surface area contributed by atoms with Gasteiger partial charge in [-0.05, 0) is 60.4 Å². The molecule has 2 aromatic rings. The van der Waals surface area contributed by atoms with Gasteiger partial charge in [-0.1, -0.05) is 35.4 Å². The maximum absolute atomic E-state index is 12.9. The molecular formula is C22H16Cl2N2O3. The SMILES string of the molecule is O=C1[C@@H]2[C@@H]3C=C[C@H]([C@H]4C[C@H]34)[C@@H]2C(=O)N1/N=C/c1ccc(-c2ccc(Cl)c(Cl)c2)o1. The van der Waals surface area contributed by atoms with Gasteiger partial charge in [-0.2, -0.15) is 10.1 Å². The summed E-state index contributed by atoms with van der Waals surface area (Å²) in [5.41, 5.74) is 0.778. The first kappa shape index (κ1) is 17.5. The normalized spacial score (nSPS) is 34.2. The summed E-state index contributed by atoms with van der Waals surface area (Å²) in [7, 11) is 0. The molecule has 7 rings (SSSR count). The van der Waals surface area contributed by atoms with Crippen LogP contribution in [0.15, 0.2) is 52.0 Å². The van der Waals surface area contributed by atoms with E-state index in [1.165, 1.54) is 6.21 Å². The van der Waals surface area contributed by atoms with E-state index < -0.39 is 0 Å². The van der Waals surface area contributed by atoms with E-state index in [-0.39, 0.29) is 35.5 Å². The minimum atomic E-state index is -0.248. The quantitative estimate of drug-likeness (QED) is 0.407. The Balaban J connectivity index is 1.24. The number of carbonyl (C=O) groups excluding carboxylic acids is 2. The molecule has 5 aliphatic rings. The van der Waals surface area contributed by atoms with Gasteiger partial charge in [0.15, 0.2) is 0 Å². The molecule has 6 atom stereocenters. The van der Waals surface area contributed by atoms with E-state index in [1.807, 2.05) is 0 Å². The second-order valence-corrected chi connectivity index (χ2v) is 9.03. The molecule has 1 aromatic heterocycles. The fourth-order valence-electron chi connectivity index (χ4n) is 5.40. The van der Waals surface area contributed by atoms with Crippen LogP contribution >= 0.6 is 23.2 Å². The second-order valence-electron chi connectivity index (χ2n) is 8.22. The molecule has 1 aliphatic heterocycles. The van der Waals surface area contributed by atoms with E-state index in [9.17, 15) is 9.59 Å². The van der Waals surface area contributed by atoms with Crippen molar-refractivity contribution in [2.24, 2.45) is 40.6 Å². The molecular weight excluding hydrogens is 411 g/mol. The summed E-state index contributed by atoms with van der Waals surface area (Å²) in [5, 5.41) is 6.15. The monoisotopic (exact) mass is 426 g/mol. The van der Waals surface area contributed by atoms with Gasteiger partial charge in [0.2, 0.25) is 0 Å². The number of carbonyl (C=O) groups is 2. The lowest BCUT2D eigenvalue weighted by molar-refractivity contribution is -0.140. The number of amides is 2. The highest BCUT2D eigenvalue weighted by atomic mass is 35.5. The molecule has 0 unspecified atom stereocenters. The fraction of sp³-hybridized carbons (Fsp3) is 0.318. The molecule has 1 saturated heterocycles. The van der Waals surface area contributed by atoms with Crippen LogP contribution in [0.3, 0.4) is 0 Å². The minimum Gasteiger partial charge on any atom is -0.455 e. The molecule has 0 radical (unpaired) electrons. The number of benzene rings is 1. The van der Waals surface area contributed by atoms with Gasteiger partial charge < -0.3 is 4.42 Å². The van der Waals surface area contributed by atoms with Crippen molar-refractivity contribution in [3.05, 3.63) is 58.3 Å². The topological polar surface area (TPSA) is 62.9 Å². The Morgan fingerprint density at radius 3 is 2.31 bits per heavy atom. The molecule has 5 nitrogen and oxygen atoms in total. The number of imide groups is 1. The number of allylic oxidation sites excluding steroid dienone is 2. The van der Waals surface area contributed by atoms with Crippen LogP contribution in [-0.2, 0) is 9.59 Å². The number of hydrazone groups is 1. The third kappa shape index (κ3) is 2.50. The van der Waals surface area contributed by atoms with Crippen LogP contribution in [0.1, 0.15) is 12.2 Å². The third-order valence-electron chi connectivity index (χ3n) is 6.77. The lowest BCUT2D eigenvalue weighted by atomic mass is 9.63. The van der Waals surface area contributed by atoms with Gasteiger partial charge in [-0.25, -0.2) is 0 Å². The molecule has 0 N–H and O–H groups in total. The van der Waals surface area contributed by atoms with Crippen molar-refractivity contribution in [3.63, 3.8) is 0 Å². The van der Waals surface area contributed by atoms with Crippen LogP contribution in [0.25, 0.3) is 11.3 Å². The molecule has 1 aromatic carbocycles. The predicted octanol–water partition coefficient (Wildman–Crippen LogP) is 4.64. The van der Waals surface area contributed by atoms with Gasteiger partial charge >= 0.3 is 0 Å². The number of halogens is 2. The number of hydrogen-bond donors (Lipinski definition) is 0. The van der Waals surface area contributed by atoms with E-state index in [4.69, 9.17) is 27.6 Å². The maximum atomic E-state index is 12.9. The molecule has 3 fully saturated rings. The molecule has 7 heteroatoms. The maximum Gasteiger partial charge on any atom is 0.254 e. The van der Waals surface area contributed by atoms with Crippen molar-refractivity contribution >= 4 is 41.2 Å². The van der Waals surface area contributed by atoms with Crippen molar-refractivity contribution < 1.29 is 14.0 Å². The average molecular weight is 427 g/mol. The first-order chi connectivity index (χ1) is 14.0. The molecule has 29 heavy (non-hydrogen) atoms. The summed E-state index contributed by atoms with van der Waals surface area (Å²) in [5.74, 6) is 1.72. The summed E-state index contributed by atoms with van der Waals surface area (Å²) >= 11 is 12.0. The first-order valence-corrected chi connectivity index (χ1v) is 10.4. The first-order valence-electron chi connectivity index (χ1n) is 9.68. The lowest BCUT2D eigenvalue weighted by Gasteiger charge is -2.37. The molecule has 2 saturated carbocycles. The van der Waals surface area contributed by atoms with Crippen molar-refractivity contribution in [1.82, 2.24) is 5.01 Å². The third-order valence-corrected chi connectivity index (χ3v) is 7.51. The highest BCUT2D eigenvalue weighted by molar-refractivity contribution is 6.42. The van der Waals surface area contributed by atoms with E-state index in [0.717, 1.165) is 17.0 Å². The molecule has 146 valence electrons. The lowest BCUT2D eigenvalue weighted by Crippen LogP contribution is -2.40. The molecule has 2 amide bonds. The van der Waals surface area contributed by atoms with E-state index in [2.05, 4.69) is 17.3 Å². The molecule has 0 spiro atoms. The second kappa shape index (κ2) is 6.07. The van der Waals surface area contributed by atoms with Crippen LogP contribution in [0.5, 0.6) is 0 Å². The van der Waals surface area contributed by atoms with Crippen LogP contribution in [0.4, 0.5) is 0 Å². The van der Waals surface area contributed by atoms with Gasteiger partial charge in [-0.15, -0.1) is 0 Å². The van der Waals surface area contributed by atoms with Crippen molar-refractivity contribution in [3.8, 4) is 11.3 Å². The van der Waals surface area contributed by atoms with Crippen molar-refractivity contribution in [1.29, 1.82) is 0 Å². The average Bonchev–Trinajstić information content (AvgIpc) is 3.36. The fourth-order valence-corrected chi connectivity index (χ4v) is 5.69. The van der Waals surface area contributed by atoms with E-state index in [1.54, 1.807) is 30.3 Å². The minimum absolute atomic E-state index is 0.183. The molecule has 2 bridgehead atoms. The zero-order chi connectivity index (χ0) is 19.9. The Kier molecular flexibility index (Phi) is 3.66. The Morgan fingerprint density at radius 1 is 0.966 bits per heavy atom. The van der Waals surface area contributed by atoms with Gasteiger partial charge in [0, 0.05) is 5.56 Å². The molecule has 2 heterocycles. The Labute approximate surface area is 177 Å². The number of furan rings is 1. The van der Waals surface area contributed by atoms with Gasteiger partial charge in [-0.3, -0.25) is 9.59 Å². The van der Waals surface area contributed by atoms with E-state index >= 15 is 0 Å². The largest absolute Gasteiger partial charge is 0.455 e. The highest BCUT2D eigenvalue weighted by Gasteiger charge is 2.67. The zero-order valence-corrected chi connectivity index (χ0v) is 16.7. The van der Waals surface area contributed by atoms with Crippen molar-refractivity contribution in [2.45, 2.75) is 6.42 Å². The van der Waals surface area contributed by atoms with Gasteiger partial charge in [0.25, 0.3) is 11.8 Å². The summed E-state index contributed by atoms with van der Waals surface area (Å²) < 4.78 is 5.78. The summed E-state index contributed by atoms with van der Waals surface area (Å²) in [6.07, 6.45) is 6.86. The van der Waals surface area contributed by atoms with Crippen LogP contribution in [0.2, 0.25) is 10.0 Å². The zero-order valence-electron chi connectivity index (χ0n) is 15.2.